The van der Waals surface area contributed by atoms with Crippen LogP contribution in [-0.4, -0.2) is 51.8 Å². The Morgan fingerprint density at radius 1 is 0.679 bits per heavy atom. The highest BCUT2D eigenvalue weighted by Gasteiger charge is 2.51. The van der Waals surface area contributed by atoms with Crippen molar-refractivity contribution in [2.24, 2.45) is 34.6 Å². The van der Waals surface area contributed by atoms with Crippen LogP contribution in [-0.2, 0) is 0 Å². The molecular formula is C53H61N3. The van der Waals surface area contributed by atoms with E-state index in [1.54, 1.807) is 28.0 Å². The molecule has 0 spiro atoms. The van der Waals surface area contributed by atoms with Crippen molar-refractivity contribution in [2.45, 2.75) is 133 Å². The zero-order valence-corrected chi connectivity index (χ0v) is 33.3. The van der Waals surface area contributed by atoms with Crippen molar-refractivity contribution in [3.8, 4) is 0 Å². The van der Waals surface area contributed by atoms with E-state index in [-0.39, 0.29) is 0 Å². The van der Waals surface area contributed by atoms with Gasteiger partial charge in [0.05, 0.1) is 11.8 Å². The molecule has 288 valence electrons. The Labute approximate surface area is 336 Å². The van der Waals surface area contributed by atoms with Crippen LogP contribution in [0.1, 0.15) is 96.3 Å². The molecule has 56 heavy (non-hydrogen) atoms. The van der Waals surface area contributed by atoms with Crippen molar-refractivity contribution in [1.29, 1.82) is 0 Å². The standard InChI is InChI=1S/C53H61N3/c1-3-15-38(16-4-1)48-33-41(34-49(54-48)39-17-5-2-6-18-39)37-29-27-36(28-30-37)40-31-42(55-50-23-11-7-19-44(50)45-20-8-12-24-51(45)55)35-43(32-40)56-52-25-13-9-21-46(52)47-22-10-14-26-53(47)56/h1,3-5,7-12,15,17-19,21-23,29,31,34,36,38,42-46,48,50-52H,2,6,13-14,16,20,24-28,30,32-33,35H2. The van der Waals surface area contributed by atoms with Crippen LogP contribution in [0.3, 0.4) is 0 Å². The molecular weight excluding hydrogens is 679 g/mol. The fourth-order valence-corrected chi connectivity index (χ4v) is 13.2. The van der Waals surface area contributed by atoms with Gasteiger partial charge in [-0.25, -0.2) is 0 Å². The molecule has 1 saturated heterocycles. The van der Waals surface area contributed by atoms with Gasteiger partial charge in [-0.2, -0.15) is 0 Å². The minimum Gasteiger partial charge on any atom is -0.367 e. The van der Waals surface area contributed by atoms with Crippen molar-refractivity contribution in [3.63, 3.8) is 0 Å². The molecule has 0 aromatic carbocycles. The highest BCUT2D eigenvalue weighted by atomic mass is 15.3. The van der Waals surface area contributed by atoms with E-state index in [9.17, 15) is 0 Å². The molecule has 1 fully saturated rings. The number of nitrogens with zero attached hydrogens (tertiary/aromatic N) is 3. The third kappa shape index (κ3) is 6.32. The summed E-state index contributed by atoms with van der Waals surface area (Å²) in [5.74, 6) is 3.09. The van der Waals surface area contributed by atoms with Crippen molar-refractivity contribution in [2.75, 3.05) is 0 Å². The Morgan fingerprint density at radius 2 is 1.61 bits per heavy atom. The van der Waals surface area contributed by atoms with E-state index in [2.05, 4.69) is 131 Å². The molecule has 0 N–H and O–H groups in total. The number of hydrogen-bond donors (Lipinski definition) is 0. The zero-order chi connectivity index (χ0) is 37.0. The Hall–Kier alpha value is -3.95. The number of hydrogen-bond acceptors (Lipinski definition) is 3. The van der Waals surface area contributed by atoms with Gasteiger partial charge in [-0.1, -0.05) is 121 Å². The molecule has 11 unspecified atom stereocenters. The first kappa shape index (κ1) is 35.2. The van der Waals surface area contributed by atoms with Gasteiger partial charge < -0.3 is 4.90 Å². The van der Waals surface area contributed by atoms with Crippen LogP contribution in [0.15, 0.2) is 160 Å². The van der Waals surface area contributed by atoms with Crippen molar-refractivity contribution < 1.29 is 0 Å². The maximum atomic E-state index is 5.43. The van der Waals surface area contributed by atoms with Gasteiger partial charge in [-0.15, -0.1) is 0 Å². The Balaban J connectivity index is 0.913. The van der Waals surface area contributed by atoms with E-state index in [0.29, 0.717) is 59.9 Å². The van der Waals surface area contributed by atoms with Crippen LogP contribution in [0.2, 0.25) is 0 Å². The van der Waals surface area contributed by atoms with Crippen LogP contribution in [0, 0.1) is 29.6 Å². The van der Waals surface area contributed by atoms with Crippen molar-refractivity contribution in [1.82, 2.24) is 9.80 Å². The summed E-state index contributed by atoms with van der Waals surface area (Å²) in [5, 5.41) is 0. The number of allylic oxidation sites excluding steroid dienone is 17. The van der Waals surface area contributed by atoms with Crippen LogP contribution in [0.4, 0.5) is 0 Å². The van der Waals surface area contributed by atoms with Crippen molar-refractivity contribution >= 4 is 5.71 Å². The first-order chi connectivity index (χ1) is 27.8. The lowest BCUT2D eigenvalue weighted by Gasteiger charge is -2.47. The average Bonchev–Trinajstić information content (AvgIpc) is 3.80. The van der Waals surface area contributed by atoms with Gasteiger partial charge in [0.15, 0.2) is 0 Å². The third-order valence-corrected chi connectivity index (χ3v) is 15.8. The zero-order valence-electron chi connectivity index (χ0n) is 33.3. The molecule has 3 aliphatic heterocycles. The van der Waals surface area contributed by atoms with Crippen molar-refractivity contribution in [3.05, 3.63) is 155 Å². The monoisotopic (exact) mass is 739 g/mol. The van der Waals surface area contributed by atoms with Crippen LogP contribution >= 0.6 is 0 Å². The molecule has 0 bridgehead atoms. The maximum absolute atomic E-state index is 5.43. The summed E-state index contributed by atoms with van der Waals surface area (Å²) in [5.41, 5.74) is 10.8. The van der Waals surface area contributed by atoms with Gasteiger partial charge in [0.2, 0.25) is 0 Å². The molecule has 11 atom stereocenters. The lowest BCUT2D eigenvalue weighted by molar-refractivity contribution is 0.0931. The first-order valence-electron chi connectivity index (χ1n) is 22.8. The molecule has 0 amide bonds. The fourth-order valence-electron chi connectivity index (χ4n) is 13.2. The van der Waals surface area contributed by atoms with Crippen LogP contribution in [0.5, 0.6) is 0 Å². The number of aliphatic imine (C=N–C) groups is 1. The Bertz CT molecular complexity index is 2030. The molecule has 8 aliphatic carbocycles. The second kappa shape index (κ2) is 15.1. The molecule has 11 aliphatic rings. The largest absolute Gasteiger partial charge is 0.367 e. The number of likely N-dealkylation sites (tertiary alicyclic amines) is 1. The highest BCUT2D eigenvalue weighted by molar-refractivity contribution is 6.11. The van der Waals surface area contributed by atoms with Gasteiger partial charge in [0.1, 0.15) is 0 Å². The fraction of sp³-hybridized carbons (Fsp3) is 0.491. The molecule has 0 aromatic heterocycles. The smallest absolute Gasteiger partial charge is 0.0649 e. The Morgan fingerprint density at radius 3 is 2.50 bits per heavy atom. The van der Waals surface area contributed by atoms with E-state index >= 15 is 0 Å². The quantitative estimate of drug-likeness (QED) is 0.253. The third-order valence-electron chi connectivity index (χ3n) is 15.8. The Kier molecular flexibility index (Phi) is 9.50. The van der Waals surface area contributed by atoms with Gasteiger partial charge >= 0.3 is 0 Å². The van der Waals surface area contributed by atoms with Gasteiger partial charge in [-0.3, -0.25) is 9.89 Å². The molecule has 0 saturated carbocycles. The summed E-state index contributed by atoms with van der Waals surface area (Å²) < 4.78 is 0. The first-order valence-corrected chi connectivity index (χ1v) is 22.8. The molecule has 0 radical (unpaired) electrons. The number of rotatable bonds is 6. The van der Waals surface area contributed by atoms with E-state index in [0.717, 1.165) is 31.6 Å². The SMILES string of the molecule is C1=CCC(C2CC(C3=CCC(C4=CC(N5C6C=CC=CC6C6CC=CCC65)CC(N5C6=C(C=CCC6)C6C=CCCC65)C4)CC3)=CC(C3=CCCC=C3)=N2)C=C1. The van der Waals surface area contributed by atoms with E-state index in [4.69, 9.17) is 4.99 Å². The summed E-state index contributed by atoms with van der Waals surface area (Å²) in [6.45, 7) is 0. The molecule has 3 nitrogen and oxygen atoms in total. The average molecular weight is 740 g/mol. The predicted octanol–water partition coefficient (Wildman–Crippen LogP) is 11.7. The van der Waals surface area contributed by atoms with Gasteiger partial charge in [-0.05, 0) is 137 Å². The van der Waals surface area contributed by atoms with E-state index in [1.165, 1.54) is 81.9 Å². The topological polar surface area (TPSA) is 18.8 Å². The minimum absolute atomic E-state index is 0.322. The normalized spacial score (nSPS) is 39.8. The molecule has 0 aromatic rings. The van der Waals surface area contributed by atoms with E-state index in [1.807, 2.05) is 0 Å². The lowest BCUT2D eigenvalue weighted by Crippen LogP contribution is -2.51. The number of fused-ring (bicyclic) bond motifs is 5. The summed E-state index contributed by atoms with van der Waals surface area (Å²) in [6.07, 6.45) is 67.2. The number of dihydropyridines is 1. The second-order valence-corrected chi connectivity index (χ2v) is 18.7. The summed E-state index contributed by atoms with van der Waals surface area (Å²) in [6, 6.07) is 3.20. The van der Waals surface area contributed by atoms with Gasteiger partial charge in [0, 0.05) is 53.7 Å². The van der Waals surface area contributed by atoms with Crippen LogP contribution < -0.4 is 0 Å². The predicted molar refractivity (Wildman–Crippen MR) is 233 cm³/mol. The van der Waals surface area contributed by atoms with E-state index < -0.39 is 0 Å². The summed E-state index contributed by atoms with van der Waals surface area (Å²) >= 11 is 0. The summed E-state index contributed by atoms with van der Waals surface area (Å²) in [4.78, 5) is 11.5. The molecule has 11 rings (SSSR count). The highest BCUT2D eigenvalue weighted by Crippen LogP contribution is 2.51. The second-order valence-electron chi connectivity index (χ2n) is 18.7. The maximum Gasteiger partial charge on any atom is 0.0649 e. The molecule has 3 heterocycles. The lowest BCUT2D eigenvalue weighted by atomic mass is 9.74. The molecule has 3 heteroatoms. The van der Waals surface area contributed by atoms with Crippen LogP contribution in [0.25, 0.3) is 0 Å². The van der Waals surface area contributed by atoms with Gasteiger partial charge in [0.25, 0.3) is 0 Å². The minimum atomic E-state index is 0.322. The summed E-state index contributed by atoms with van der Waals surface area (Å²) in [7, 11) is 0.